The number of rotatable bonds is 2. The van der Waals surface area contributed by atoms with Gasteiger partial charge in [0.15, 0.2) is 0 Å². The molecule has 1 aliphatic heterocycles. The highest BCUT2D eigenvalue weighted by atomic mass is 32.2. The average Bonchev–Trinajstić information content (AvgIpc) is 2.87. The minimum absolute atomic E-state index is 0.00435. The van der Waals surface area contributed by atoms with Crippen molar-refractivity contribution in [1.29, 1.82) is 0 Å². The molecule has 0 spiro atoms. The molecule has 92 valence electrons. The molecule has 1 fully saturated rings. The second-order valence-corrected chi connectivity index (χ2v) is 5.33. The Morgan fingerprint density at radius 1 is 1.39 bits per heavy atom. The van der Waals surface area contributed by atoms with Gasteiger partial charge < -0.3 is 5.11 Å². The summed E-state index contributed by atoms with van der Waals surface area (Å²) in [5, 5.41) is 13.2. The van der Waals surface area contributed by atoms with Gasteiger partial charge in [-0.3, -0.25) is 15.1 Å². The van der Waals surface area contributed by atoms with E-state index in [-0.39, 0.29) is 5.37 Å². The molecule has 2 aromatic rings. The average molecular weight is 260 g/mol. The van der Waals surface area contributed by atoms with Crippen molar-refractivity contribution < 1.29 is 9.90 Å². The summed E-state index contributed by atoms with van der Waals surface area (Å²) in [6.45, 7) is 0. The molecule has 1 aromatic carbocycles. The van der Waals surface area contributed by atoms with E-state index >= 15 is 0 Å². The van der Waals surface area contributed by atoms with Gasteiger partial charge in [0.1, 0.15) is 6.04 Å². The molecule has 2 atom stereocenters. The van der Waals surface area contributed by atoms with E-state index in [4.69, 9.17) is 5.11 Å². The van der Waals surface area contributed by atoms with Gasteiger partial charge in [-0.05, 0) is 6.07 Å². The van der Waals surface area contributed by atoms with E-state index in [2.05, 4.69) is 10.3 Å². The Labute approximate surface area is 108 Å². The minimum atomic E-state index is -0.793. The molecule has 0 bridgehead atoms. The number of benzene rings is 1. The smallest absolute Gasteiger partial charge is 0.321 e. The second kappa shape index (κ2) is 4.59. The first-order valence-corrected chi connectivity index (χ1v) is 6.74. The van der Waals surface area contributed by atoms with Gasteiger partial charge in [0.25, 0.3) is 0 Å². The molecule has 2 N–H and O–H groups in total. The second-order valence-electron chi connectivity index (χ2n) is 4.19. The molecule has 0 saturated carbocycles. The summed E-state index contributed by atoms with van der Waals surface area (Å²) >= 11 is 1.61. The van der Waals surface area contributed by atoms with E-state index in [1.807, 2.05) is 30.3 Å². The number of hydrogen-bond acceptors (Lipinski definition) is 4. The normalized spacial score (nSPS) is 23.3. The van der Waals surface area contributed by atoms with Gasteiger partial charge in [-0.1, -0.05) is 24.3 Å². The lowest BCUT2D eigenvalue weighted by Crippen LogP contribution is -2.33. The summed E-state index contributed by atoms with van der Waals surface area (Å²) < 4.78 is 0. The van der Waals surface area contributed by atoms with Gasteiger partial charge in [-0.2, -0.15) is 0 Å². The number of thioether (sulfide) groups is 1. The van der Waals surface area contributed by atoms with Crippen LogP contribution in [0.25, 0.3) is 10.9 Å². The fraction of sp³-hybridized carbons (Fsp3) is 0.231. The molecule has 0 aliphatic carbocycles. The van der Waals surface area contributed by atoms with Crippen molar-refractivity contribution in [2.75, 3.05) is 5.75 Å². The molecule has 18 heavy (non-hydrogen) atoms. The number of fused-ring (bicyclic) bond motifs is 1. The molecule has 0 radical (unpaired) electrons. The molecular weight excluding hydrogens is 248 g/mol. The summed E-state index contributed by atoms with van der Waals surface area (Å²) in [4.78, 5) is 15.3. The predicted octanol–water partition coefficient (Wildman–Crippen LogP) is 2.02. The monoisotopic (exact) mass is 260 g/mol. The maximum atomic E-state index is 11.0. The first-order chi connectivity index (χ1) is 8.75. The largest absolute Gasteiger partial charge is 0.480 e. The molecule has 1 unspecified atom stereocenters. The Balaban J connectivity index is 1.98. The van der Waals surface area contributed by atoms with Crippen molar-refractivity contribution in [3.63, 3.8) is 0 Å². The number of carbonyl (C=O) groups is 1. The first-order valence-electron chi connectivity index (χ1n) is 5.70. The van der Waals surface area contributed by atoms with Crippen LogP contribution in [0.5, 0.6) is 0 Å². The highest BCUT2D eigenvalue weighted by molar-refractivity contribution is 7.99. The van der Waals surface area contributed by atoms with E-state index in [0.29, 0.717) is 5.75 Å². The molecule has 5 heteroatoms. The van der Waals surface area contributed by atoms with Crippen LogP contribution in [0.4, 0.5) is 0 Å². The molecule has 1 aromatic heterocycles. The number of carboxylic acids is 1. The number of hydrogen-bond donors (Lipinski definition) is 2. The molecule has 0 amide bonds. The summed E-state index contributed by atoms with van der Waals surface area (Å²) in [7, 11) is 0. The SMILES string of the molecule is O=C(O)[C@H]1CSC(c2cccc3cccnc23)N1. The third kappa shape index (κ3) is 1.95. The Morgan fingerprint density at radius 3 is 3.00 bits per heavy atom. The minimum Gasteiger partial charge on any atom is -0.480 e. The zero-order valence-corrected chi connectivity index (χ0v) is 10.4. The number of para-hydroxylation sites is 1. The maximum absolute atomic E-state index is 11.0. The number of nitrogens with one attached hydrogen (secondary N) is 1. The number of aliphatic carboxylic acids is 1. The standard InChI is InChI=1S/C13H12N2O2S/c16-13(17)10-7-18-12(15-10)9-5-1-3-8-4-2-6-14-11(8)9/h1-6,10,12,15H,7H2,(H,16,17)/t10-,12?/m1/s1. The third-order valence-electron chi connectivity index (χ3n) is 3.03. The molecular formula is C13H12N2O2S. The maximum Gasteiger partial charge on any atom is 0.321 e. The summed E-state index contributed by atoms with van der Waals surface area (Å²) in [5.41, 5.74) is 2.00. The molecule has 4 nitrogen and oxygen atoms in total. The Hall–Kier alpha value is -1.59. The zero-order valence-electron chi connectivity index (χ0n) is 9.54. The molecule has 1 saturated heterocycles. The first kappa shape index (κ1) is 11.5. The topological polar surface area (TPSA) is 62.2 Å². The molecule has 3 rings (SSSR count). The van der Waals surface area contributed by atoms with Crippen LogP contribution in [-0.2, 0) is 4.79 Å². The van der Waals surface area contributed by atoms with Crippen LogP contribution in [0, 0.1) is 0 Å². The van der Waals surface area contributed by atoms with Gasteiger partial charge in [-0.25, -0.2) is 0 Å². The highest BCUT2D eigenvalue weighted by Gasteiger charge is 2.31. The zero-order chi connectivity index (χ0) is 12.5. The summed E-state index contributed by atoms with van der Waals surface area (Å²) in [5.74, 6) is -0.207. The van der Waals surface area contributed by atoms with Gasteiger partial charge in [0, 0.05) is 22.9 Å². The van der Waals surface area contributed by atoms with E-state index in [9.17, 15) is 4.79 Å². The van der Waals surface area contributed by atoms with Gasteiger partial charge in [0.05, 0.1) is 10.9 Å². The lowest BCUT2D eigenvalue weighted by molar-refractivity contribution is -0.138. The van der Waals surface area contributed by atoms with E-state index in [0.717, 1.165) is 16.5 Å². The number of pyridine rings is 1. The van der Waals surface area contributed by atoms with E-state index < -0.39 is 12.0 Å². The molecule has 1 aliphatic rings. The summed E-state index contributed by atoms with van der Waals surface area (Å²) in [6, 6.07) is 9.45. The van der Waals surface area contributed by atoms with Crippen molar-refractivity contribution in [1.82, 2.24) is 10.3 Å². The van der Waals surface area contributed by atoms with Crippen LogP contribution in [0.15, 0.2) is 36.5 Å². The Bertz CT molecular complexity index is 597. The van der Waals surface area contributed by atoms with Gasteiger partial charge in [0.2, 0.25) is 0 Å². The van der Waals surface area contributed by atoms with Crippen LogP contribution >= 0.6 is 11.8 Å². The third-order valence-corrected chi connectivity index (χ3v) is 4.28. The van der Waals surface area contributed by atoms with Gasteiger partial charge in [-0.15, -0.1) is 11.8 Å². The van der Waals surface area contributed by atoms with Crippen molar-refractivity contribution in [3.05, 3.63) is 42.1 Å². The van der Waals surface area contributed by atoms with Crippen molar-refractivity contribution in [2.45, 2.75) is 11.4 Å². The summed E-state index contributed by atoms with van der Waals surface area (Å²) in [6.07, 6.45) is 1.76. The van der Waals surface area contributed by atoms with Crippen LogP contribution in [0.2, 0.25) is 0 Å². The van der Waals surface area contributed by atoms with Crippen LogP contribution in [-0.4, -0.2) is 27.9 Å². The van der Waals surface area contributed by atoms with Crippen LogP contribution in [0.1, 0.15) is 10.9 Å². The van der Waals surface area contributed by atoms with E-state index in [1.54, 1.807) is 18.0 Å². The fourth-order valence-electron chi connectivity index (χ4n) is 2.13. The quantitative estimate of drug-likeness (QED) is 0.865. The lowest BCUT2D eigenvalue weighted by Gasteiger charge is -2.13. The van der Waals surface area contributed by atoms with Gasteiger partial charge >= 0.3 is 5.97 Å². The predicted molar refractivity (Wildman–Crippen MR) is 71.5 cm³/mol. The number of carboxylic acid groups (broad SMARTS) is 1. The fourth-order valence-corrected chi connectivity index (χ4v) is 3.39. The highest BCUT2D eigenvalue weighted by Crippen LogP contribution is 2.35. The van der Waals surface area contributed by atoms with E-state index in [1.165, 1.54) is 0 Å². The Kier molecular flexibility index (Phi) is 2.93. The number of aromatic nitrogens is 1. The lowest BCUT2D eigenvalue weighted by atomic mass is 10.1. The number of nitrogens with zero attached hydrogens (tertiary/aromatic N) is 1. The van der Waals surface area contributed by atoms with Crippen LogP contribution < -0.4 is 5.32 Å². The van der Waals surface area contributed by atoms with Crippen molar-refractivity contribution >= 4 is 28.6 Å². The van der Waals surface area contributed by atoms with Crippen molar-refractivity contribution in [3.8, 4) is 0 Å². The Morgan fingerprint density at radius 2 is 2.22 bits per heavy atom. The van der Waals surface area contributed by atoms with Crippen LogP contribution in [0.3, 0.4) is 0 Å². The van der Waals surface area contributed by atoms with Crippen molar-refractivity contribution in [2.24, 2.45) is 0 Å². The molecule has 2 heterocycles.